The molecule has 0 fully saturated rings. The molecular formula is C23H23NOS. The van der Waals surface area contributed by atoms with Gasteiger partial charge in [-0.05, 0) is 41.8 Å². The third-order valence-electron chi connectivity index (χ3n) is 4.28. The molecule has 2 nitrogen and oxygen atoms in total. The third kappa shape index (κ3) is 4.99. The molecule has 3 aromatic carbocycles. The Hall–Kier alpha value is -2.52. The van der Waals surface area contributed by atoms with Crippen LogP contribution in [-0.4, -0.2) is 5.91 Å². The lowest BCUT2D eigenvalue weighted by atomic mass is 10.0. The van der Waals surface area contributed by atoms with Crippen molar-refractivity contribution in [1.29, 1.82) is 0 Å². The van der Waals surface area contributed by atoms with E-state index in [4.69, 9.17) is 0 Å². The van der Waals surface area contributed by atoms with Crippen LogP contribution in [0.25, 0.3) is 0 Å². The van der Waals surface area contributed by atoms with Crippen LogP contribution < -0.4 is 5.32 Å². The molecule has 132 valence electrons. The Labute approximate surface area is 159 Å². The quantitative estimate of drug-likeness (QED) is 0.534. The molecule has 0 aromatic heterocycles. The number of thioether (sulfide) groups is 1. The molecule has 0 heterocycles. The molecule has 3 heteroatoms. The van der Waals surface area contributed by atoms with E-state index in [9.17, 15) is 4.79 Å². The smallest absolute Gasteiger partial charge is 0.251 e. The molecule has 0 aliphatic carbocycles. The van der Waals surface area contributed by atoms with E-state index in [1.807, 2.05) is 60.7 Å². The van der Waals surface area contributed by atoms with Gasteiger partial charge in [0.25, 0.3) is 5.91 Å². The van der Waals surface area contributed by atoms with Gasteiger partial charge in [-0.25, -0.2) is 0 Å². The van der Waals surface area contributed by atoms with Gasteiger partial charge in [0, 0.05) is 16.2 Å². The molecule has 1 unspecified atom stereocenters. The molecule has 26 heavy (non-hydrogen) atoms. The highest BCUT2D eigenvalue weighted by Crippen LogP contribution is 2.22. The zero-order valence-electron chi connectivity index (χ0n) is 14.9. The summed E-state index contributed by atoms with van der Waals surface area (Å²) >= 11 is 1.80. The molecule has 1 atom stereocenters. The number of nitrogens with one attached hydrogen (secondary N) is 1. The van der Waals surface area contributed by atoms with E-state index >= 15 is 0 Å². The lowest BCUT2D eigenvalue weighted by Gasteiger charge is -2.17. The van der Waals surface area contributed by atoms with Crippen molar-refractivity contribution < 1.29 is 4.79 Å². The van der Waals surface area contributed by atoms with Crippen LogP contribution in [0.4, 0.5) is 0 Å². The lowest BCUT2D eigenvalue weighted by molar-refractivity contribution is 0.0935. The second-order valence-electron chi connectivity index (χ2n) is 6.14. The van der Waals surface area contributed by atoms with Gasteiger partial charge in [0.2, 0.25) is 0 Å². The van der Waals surface area contributed by atoms with Crippen LogP contribution >= 0.6 is 11.8 Å². The van der Waals surface area contributed by atoms with Crippen LogP contribution in [-0.2, 0) is 5.75 Å². The van der Waals surface area contributed by atoms with Gasteiger partial charge in [0.15, 0.2) is 0 Å². The topological polar surface area (TPSA) is 29.1 Å². The van der Waals surface area contributed by atoms with Crippen molar-refractivity contribution in [1.82, 2.24) is 5.32 Å². The van der Waals surface area contributed by atoms with Gasteiger partial charge in [-0.2, -0.15) is 0 Å². The fourth-order valence-electron chi connectivity index (χ4n) is 2.78. The molecule has 3 rings (SSSR count). The fourth-order valence-corrected chi connectivity index (χ4v) is 3.66. The SMILES string of the molecule is CCC(NC(=O)c1ccc(CSc2ccccc2)cc1)c1ccccc1. The molecule has 0 aliphatic rings. The number of carbonyl (C=O) groups excluding carboxylic acids is 1. The van der Waals surface area contributed by atoms with E-state index in [0.29, 0.717) is 5.56 Å². The molecular weight excluding hydrogens is 338 g/mol. The predicted octanol–water partition coefficient (Wildman–Crippen LogP) is 5.86. The number of hydrogen-bond donors (Lipinski definition) is 1. The summed E-state index contributed by atoms with van der Waals surface area (Å²) in [5, 5.41) is 3.13. The zero-order chi connectivity index (χ0) is 18.2. The number of rotatable bonds is 7. The molecule has 0 aliphatic heterocycles. The van der Waals surface area contributed by atoms with Crippen LogP contribution in [0.1, 0.15) is 40.9 Å². The van der Waals surface area contributed by atoms with E-state index in [0.717, 1.165) is 17.7 Å². The Morgan fingerprint density at radius 3 is 2.12 bits per heavy atom. The maximum atomic E-state index is 12.6. The van der Waals surface area contributed by atoms with Crippen molar-refractivity contribution in [2.75, 3.05) is 0 Å². The van der Waals surface area contributed by atoms with Crippen LogP contribution in [0.2, 0.25) is 0 Å². The molecule has 0 radical (unpaired) electrons. The van der Waals surface area contributed by atoms with Crippen molar-refractivity contribution in [3.05, 3.63) is 102 Å². The summed E-state index contributed by atoms with van der Waals surface area (Å²) in [4.78, 5) is 13.8. The van der Waals surface area contributed by atoms with Gasteiger partial charge >= 0.3 is 0 Å². The van der Waals surface area contributed by atoms with Gasteiger partial charge in [-0.3, -0.25) is 4.79 Å². The van der Waals surface area contributed by atoms with E-state index in [1.54, 1.807) is 11.8 Å². The maximum absolute atomic E-state index is 12.6. The second kappa shape index (κ2) is 9.25. The van der Waals surface area contributed by atoms with Crippen molar-refractivity contribution in [3.63, 3.8) is 0 Å². The predicted molar refractivity (Wildman–Crippen MR) is 109 cm³/mol. The highest BCUT2D eigenvalue weighted by atomic mass is 32.2. The van der Waals surface area contributed by atoms with Crippen molar-refractivity contribution >= 4 is 17.7 Å². The summed E-state index contributed by atoms with van der Waals surface area (Å²) in [6, 6.07) is 28.4. The molecule has 0 saturated heterocycles. The number of benzene rings is 3. The van der Waals surface area contributed by atoms with Crippen LogP contribution in [0.3, 0.4) is 0 Å². The highest BCUT2D eigenvalue weighted by molar-refractivity contribution is 7.98. The molecule has 1 amide bonds. The maximum Gasteiger partial charge on any atom is 0.251 e. The van der Waals surface area contributed by atoms with E-state index < -0.39 is 0 Å². The Kier molecular flexibility index (Phi) is 6.50. The monoisotopic (exact) mass is 361 g/mol. The fraction of sp³-hybridized carbons (Fsp3) is 0.174. The molecule has 1 N–H and O–H groups in total. The second-order valence-corrected chi connectivity index (χ2v) is 7.19. The van der Waals surface area contributed by atoms with Crippen molar-refractivity contribution in [2.45, 2.75) is 30.0 Å². The Bertz CT molecular complexity index is 816. The Morgan fingerprint density at radius 2 is 1.50 bits per heavy atom. The minimum atomic E-state index is -0.0250. The first kappa shape index (κ1) is 18.3. The van der Waals surface area contributed by atoms with Gasteiger partial charge in [-0.1, -0.05) is 67.6 Å². The van der Waals surface area contributed by atoms with Crippen LogP contribution in [0.15, 0.2) is 89.8 Å². The largest absolute Gasteiger partial charge is 0.345 e. The van der Waals surface area contributed by atoms with Crippen LogP contribution in [0.5, 0.6) is 0 Å². The summed E-state index contributed by atoms with van der Waals surface area (Å²) in [5.41, 5.74) is 3.05. The first-order chi connectivity index (χ1) is 12.8. The zero-order valence-corrected chi connectivity index (χ0v) is 15.7. The van der Waals surface area contributed by atoms with E-state index in [-0.39, 0.29) is 11.9 Å². The summed E-state index contributed by atoms with van der Waals surface area (Å²) in [7, 11) is 0. The van der Waals surface area contributed by atoms with Crippen molar-refractivity contribution in [2.24, 2.45) is 0 Å². The van der Waals surface area contributed by atoms with Crippen LogP contribution in [0, 0.1) is 0 Å². The summed E-state index contributed by atoms with van der Waals surface area (Å²) in [5.74, 6) is 0.871. The number of amides is 1. The third-order valence-corrected chi connectivity index (χ3v) is 5.36. The van der Waals surface area contributed by atoms with E-state index in [2.05, 4.69) is 36.5 Å². The first-order valence-electron chi connectivity index (χ1n) is 8.89. The van der Waals surface area contributed by atoms with Gasteiger partial charge < -0.3 is 5.32 Å². The van der Waals surface area contributed by atoms with Gasteiger partial charge in [0.05, 0.1) is 6.04 Å². The van der Waals surface area contributed by atoms with Gasteiger partial charge in [0.1, 0.15) is 0 Å². The molecule has 3 aromatic rings. The number of carbonyl (C=O) groups is 1. The highest BCUT2D eigenvalue weighted by Gasteiger charge is 2.13. The summed E-state index contributed by atoms with van der Waals surface area (Å²) in [6.07, 6.45) is 0.863. The summed E-state index contributed by atoms with van der Waals surface area (Å²) < 4.78 is 0. The molecule has 0 saturated carbocycles. The Balaban J connectivity index is 1.59. The number of hydrogen-bond acceptors (Lipinski definition) is 2. The average molecular weight is 362 g/mol. The lowest BCUT2D eigenvalue weighted by Crippen LogP contribution is -2.28. The average Bonchev–Trinajstić information content (AvgIpc) is 2.72. The normalized spacial score (nSPS) is 11.7. The van der Waals surface area contributed by atoms with Gasteiger partial charge in [-0.15, -0.1) is 11.8 Å². The van der Waals surface area contributed by atoms with Crippen molar-refractivity contribution in [3.8, 4) is 0 Å². The Morgan fingerprint density at radius 1 is 0.885 bits per heavy atom. The minimum absolute atomic E-state index is 0.0250. The molecule has 0 spiro atoms. The minimum Gasteiger partial charge on any atom is -0.345 e. The standard InChI is InChI=1S/C23H23NOS/c1-2-22(19-9-5-3-6-10-19)24-23(25)20-15-13-18(14-16-20)17-26-21-11-7-4-8-12-21/h3-16,22H,2,17H2,1H3,(H,24,25). The molecule has 0 bridgehead atoms. The van der Waals surface area contributed by atoms with E-state index in [1.165, 1.54) is 10.5 Å². The summed E-state index contributed by atoms with van der Waals surface area (Å²) in [6.45, 7) is 2.09. The first-order valence-corrected chi connectivity index (χ1v) is 9.87.